The van der Waals surface area contributed by atoms with Crippen molar-refractivity contribution in [3.63, 3.8) is 0 Å². The molecule has 0 bridgehead atoms. The lowest BCUT2D eigenvalue weighted by Gasteiger charge is -2.09. The molecule has 1 aromatic heterocycles. The van der Waals surface area contributed by atoms with Crippen LogP contribution < -0.4 is 9.47 Å². The van der Waals surface area contributed by atoms with Crippen LogP contribution in [0.1, 0.15) is 0 Å². The second-order valence-electron chi connectivity index (χ2n) is 3.18. The van der Waals surface area contributed by atoms with Gasteiger partial charge in [0.05, 0.1) is 7.11 Å². The van der Waals surface area contributed by atoms with Crippen LogP contribution in [0.3, 0.4) is 0 Å². The van der Waals surface area contributed by atoms with Crippen molar-refractivity contribution in [1.29, 1.82) is 0 Å². The molecule has 18 heavy (non-hydrogen) atoms. The number of rotatable bonds is 3. The van der Waals surface area contributed by atoms with Crippen molar-refractivity contribution in [2.45, 2.75) is 0 Å². The van der Waals surface area contributed by atoms with Gasteiger partial charge in [0.1, 0.15) is 12.1 Å². The highest BCUT2D eigenvalue weighted by Crippen LogP contribution is 2.33. The maximum absolute atomic E-state index is 13.0. The van der Waals surface area contributed by atoms with Crippen LogP contribution in [0, 0.1) is 11.6 Å². The van der Waals surface area contributed by atoms with Crippen molar-refractivity contribution in [1.82, 2.24) is 9.97 Å². The van der Waals surface area contributed by atoms with E-state index in [0.29, 0.717) is 0 Å². The lowest BCUT2D eigenvalue weighted by Crippen LogP contribution is -1.96. The molecule has 0 aliphatic carbocycles. The SMILES string of the molecule is COc1c(Cl)ncnc1Oc1ccc(F)c(F)c1. The summed E-state index contributed by atoms with van der Waals surface area (Å²) in [6, 6.07) is 3.10. The number of methoxy groups -OCH3 is 1. The molecule has 0 N–H and O–H groups in total. The van der Waals surface area contributed by atoms with Crippen LogP contribution in [-0.2, 0) is 0 Å². The molecule has 0 aliphatic rings. The first kappa shape index (κ1) is 12.5. The van der Waals surface area contributed by atoms with Gasteiger partial charge in [0.25, 0.3) is 5.88 Å². The van der Waals surface area contributed by atoms with E-state index in [-0.39, 0.29) is 22.5 Å². The molecule has 0 atom stereocenters. The van der Waals surface area contributed by atoms with Gasteiger partial charge in [-0.2, -0.15) is 4.98 Å². The summed E-state index contributed by atoms with van der Waals surface area (Å²) in [5, 5.41) is 0.0603. The summed E-state index contributed by atoms with van der Waals surface area (Å²) in [4.78, 5) is 7.50. The highest BCUT2D eigenvalue weighted by Gasteiger charge is 2.13. The normalized spacial score (nSPS) is 10.2. The minimum Gasteiger partial charge on any atom is -0.489 e. The third kappa shape index (κ3) is 2.48. The molecule has 4 nitrogen and oxygen atoms in total. The number of benzene rings is 1. The fraction of sp³-hybridized carbons (Fsp3) is 0.0909. The van der Waals surface area contributed by atoms with Gasteiger partial charge in [-0.3, -0.25) is 0 Å². The summed E-state index contributed by atoms with van der Waals surface area (Å²) in [6.45, 7) is 0. The fourth-order valence-electron chi connectivity index (χ4n) is 1.23. The predicted molar refractivity (Wildman–Crippen MR) is 60.0 cm³/mol. The Morgan fingerprint density at radius 3 is 2.61 bits per heavy atom. The molecular weight excluding hydrogens is 266 g/mol. The van der Waals surface area contributed by atoms with Gasteiger partial charge < -0.3 is 9.47 Å². The van der Waals surface area contributed by atoms with Gasteiger partial charge in [0.15, 0.2) is 16.8 Å². The van der Waals surface area contributed by atoms with Crippen LogP contribution in [0.5, 0.6) is 17.4 Å². The van der Waals surface area contributed by atoms with Gasteiger partial charge in [-0.15, -0.1) is 0 Å². The van der Waals surface area contributed by atoms with E-state index >= 15 is 0 Å². The Hall–Kier alpha value is -1.95. The van der Waals surface area contributed by atoms with Gasteiger partial charge in [0.2, 0.25) is 5.75 Å². The fourth-order valence-corrected chi connectivity index (χ4v) is 1.44. The summed E-state index contributed by atoms with van der Waals surface area (Å²) in [7, 11) is 1.36. The smallest absolute Gasteiger partial charge is 0.267 e. The third-order valence-electron chi connectivity index (χ3n) is 2.04. The summed E-state index contributed by atoms with van der Waals surface area (Å²) in [6.07, 6.45) is 1.17. The van der Waals surface area contributed by atoms with E-state index in [1.165, 1.54) is 19.5 Å². The number of aromatic nitrogens is 2. The molecular formula is C11H7ClF2N2O2. The highest BCUT2D eigenvalue weighted by atomic mass is 35.5. The van der Waals surface area contributed by atoms with Crippen LogP contribution in [-0.4, -0.2) is 17.1 Å². The number of nitrogens with zero attached hydrogens (tertiary/aromatic N) is 2. The van der Waals surface area contributed by atoms with Gasteiger partial charge in [-0.05, 0) is 12.1 Å². The summed E-state index contributed by atoms with van der Waals surface area (Å²) >= 11 is 5.76. The molecule has 0 aliphatic heterocycles. The van der Waals surface area contributed by atoms with Crippen molar-refractivity contribution in [2.24, 2.45) is 0 Å². The molecule has 7 heteroatoms. The Balaban J connectivity index is 2.34. The van der Waals surface area contributed by atoms with Crippen LogP contribution in [0.25, 0.3) is 0 Å². The molecule has 0 saturated heterocycles. The van der Waals surface area contributed by atoms with Crippen molar-refractivity contribution in [2.75, 3.05) is 7.11 Å². The number of halogens is 3. The van der Waals surface area contributed by atoms with Gasteiger partial charge >= 0.3 is 0 Å². The quantitative estimate of drug-likeness (QED) is 0.805. The molecule has 2 aromatic rings. The monoisotopic (exact) mass is 272 g/mol. The van der Waals surface area contributed by atoms with E-state index in [2.05, 4.69) is 9.97 Å². The Morgan fingerprint density at radius 2 is 1.94 bits per heavy atom. The zero-order valence-electron chi connectivity index (χ0n) is 9.15. The molecule has 0 saturated carbocycles. The van der Waals surface area contributed by atoms with E-state index in [9.17, 15) is 8.78 Å². The van der Waals surface area contributed by atoms with Crippen LogP contribution in [0.2, 0.25) is 5.15 Å². The average Bonchev–Trinajstić information content (AvgIpc) is 2.34. The molecule has 2 rings (SSSR count). The van der Waals surface area contributed by atoms with Crippen LogP contribution in [0.15, 0.2) is 24.5 Å². The number of hydrogen-bond donors (Lipinski definition) is 0. The van der Waals surface area contributed by atoms with Crippen LogP contribution in [0.4, 0.5) is 8.78 Å². The van der Waals surface area contributed by atoms with E-state index in [1.54, 1.807) is 0 Å². The zero-order valence-corrected chi connectivity index (χ0v) is 9.91. The molecule has 94 valence electrons. The van der Waals surface area contributed by atoms with Crippen molar-refractivity contribution >= 4 is 11.6 Å². The summed E-state index contributed by atoms with van der Waals surface area (Å²) in [5.41, 5.74) is 0. The lowest BCUT2D eigenvalue weighted by molar-refractivity contribution is 0.365. The first-order valence-electron chi connectivity index (χ1n) is 4.79. The number of ether oxygens (including phenoxy) is 2. The van der Waals surface area contributed by atoms with Crippen molar-refractivity contribution in [3.05, 3.63) is 41.3 Å². The Kier molecular flexibility index (Phi) is 3.57. The summed E-state index contributed by atoms with van der Waals surface area (Å²) < 4.78 is 35.9. The molecule has 0 fully saturated rings. The van der Waals surface area contributed by atoms with Crippen LogP contribution >= 0.6 is 11.6 Å². The standard InChI is InChI=1S/C11H7ClF2N2O2/c1-17-9-10(12)15-5-16-11(9)18-6-2-3-7(13)8(14)4-6/h2-5H,1H3. The minimum atomic E-state index is -1.02. The third-order valence-corrected chi connectivity index (χ3v) is 2.31. The predicted octanol–water partition coefficient (Wildman–Crippen LogP) is 3.21. The zero-order chi connectivity index (χ0) is 13.1. The van der Waals surface area contributed by atoms with E-state index in [4.69, 9.17) is 21.1 Å². The van der Waals surface area contributed by atoms with E-state index in [1.807, 2.05) is 0 Å². The Bertz CT molecular complexity index is 581. The maximum Gasteiger partial charge on any atom is 0.267 e. The Morgan fingerprint density at radius 1 is 1.17 bits per heavy atom. The van der Waals surface area contributed by atoms with Crippen molar-refractivity contribution in [3.8, 4) is 17.4 Å². The first-order chi connectivity index (χ1) is 8.61. The summed E-state index contributed by atoms with van der Waals surface area (Å²) in [5.74, 6) is -1.78. The molecule has 1 heterocycles. The molecule has 0 radical (unpaired) electrons. The second-order valence-corrected chi connectivity index (χ2v) is 3.54. The van der Waals surface area contributed by atoms with Gasteiger partial charge in [-0.25, -0.2) is 13.8 Å². The van der Waals surface area contributed by atoms with Gasteiger partial charge in [-0.1, -0.05) is 11.6 Å². The first-order valence-corrected chi connectivity index (χ1v) is 5.17. The highest BCUT2D eigenvalue weighted by molar-refractivity contribution is 6.31. The maximum atomic E-state index is 13.0. The lowest BCUT2D eigenvalue weighted by atomic mass is 10.3. The minimum absolute atomic E-state index is 0.0171. The average molecular weight is 273 g/mol. The second kappa shape index (κ2) is 5.14. The Labute approximate surface area is 106 Å². The molecule has 0 spiro atoms. The van der Waals surface area contributed by atoms with E-state index in [0.717, 1.165) is 12.1 Å². The largest absolute Gasteiger partial charge is 0.489 e. The molecule has 0 amide bonds. The topological polar surface area (TPSA) is 44.2 Å². The molecule has 0 unspecified atom stereocenters. The molecule has 1 aromatic carbocycles. The van der Waals surface area contributed by atoms with E-state index < -0.39 is 11.6 Å². The van der Waals surface area contributed by atoms with Gasteiger partial charge in [0, 0.05) is 6.07 Å². The number of hydrogen-bond acceptors (Lipinski definition) is 4. The van der Waals surface area contributed by atoms with Crippen molar-refractivity contribution < 1.29 is 18.3 Å².